The zero-order valence-corrected chi connectivity index (χ0v) is 20.0. The highest BCUT2D eigenvalue weighted by atomic mass is 32.2. The molecular formula is C30H30N2S. The summed E-state index contributed by atoms with van der Waals surface area (Å²) in [5.41, 5.74) is 12.3. The number of nitriles is 1. The van der Waals surface area contributed by atoms with Crippen LogP contribution in [0.15, 0.2) is 54.6 Å². The topological polar surface area (TPSA) is 27.0 Å². The molecule has 2 heterocycles. The van der Waals surface area contributed by atoms with Crippen LogP contribution in [0.25, 0.3) is 11.1 Å². The van der Waals surface area contributed by atoms with Gasteiger partial charge in [-0.25, -0.2) is 0 Å². The molecule has 0 aromatic heterocycles. The van der Waals surface area contributed by atoms with Crippen molar-refractivity contribution >= 4 is 17.4 Å². The van der Waals surface area contributed by atoms with Gasteiger partial charge < -0.3 is 4.90 Å². The van der Waals surface area contributed by atoms with Gasteiger partial charge in [0, 0.05) is 18.8 Å². The van der Waals surface area contributed by atoms with Gasteiger partial charge in [0.25, 0.3) is 0 Å². The number of rotatable bonds is 3. The largest absolute Gasteiger partial charge is 0.370 e. The summed E-state index contributed by atoms with van der Waals surface area (Å²) >= 11 is 2.02. The molecule has 3 aromatic carbocycles. The minimum Gasteiger partial charge on any atom is -0.370 e. The Hall–Kier alpha value is -2.70. The second kappa shape index (κ2) is 8.92. The van der Waals surface area contributed by atoms with E-state index in [1.807, 2.05) is 11.8 Å². The third-order valence-electron chi connectivity index (χ3n) is 7.88. The summed E-state index contributed by atoms with van der Waals surface area (Å²) < 4.78 is 0. The summed E-state index contributed by atoms with van der Waals surface area (Å²) in [4.78, 5) is 2.58. The van der Waals surface area contributed by atoms with Gasteiger partial charge in [0.15, 0.2) is 0 Å². The first-order valence-corrected chi connectivity index (χ1v) is 13.5. The number of hydrogen-bond acceptors (Lipinski definition) is 3. The molecule has 33 heavy (non-hydrogen) atoms. The summed E-state index contributed by atoms with van der Waals surface area (Å²) in [6.07, 6.45) is 6.74. The van der Waals surface area contributed by atoms with Crippen molar-refractivity contribution in [3.05, 3.63) is 88.0 Å². The lowest BCUT2D eigenvalue weighted by molar-refractivity contribution is 0.403. The molecule has 0 N–H and O–H groups in total. The summed E-state index contributed by atoms with van der Waals surface area (Å²) in [7, 11) is 0. The Labute approximate surface area is 201 Å². The molecule has 3 aromatic rings. The van der Waals surface area contributed by atoms with Crippen molar-refractivity contribution in [2.24, 2.45) is 5.92 Å². The van der Waals surface area contributed by atoms with Crippen LogP contribution in [0.3, 0.4) is 0 Å². The minimum atomic E-state index is 0.736. The van der Waals surface area contributed by atoms with E-state index in [0.717, 1.165) is 55.3 Å². The van der Waals surface area contributed by atoms with Crippen LogP contribution in [0, 0.1) is 17.2 Å². The van der Waals surface area contributed by atoms with E-state index in [1.165, 1.54) is 63.9 Å². The standard InChI is InChI=1S/C30H30N2S/c31-19-27-25-14-17-33-20-28(25)29-24-9-5-4-8-23(24)10-11-26(29)30(27)32-15-12-22(13-16-32)18-21-6-2-1-3-7-21/h1-9,22H,10-18,20H2. The molecule has 2 nitrogen and oxygen atoms in total. The Kier molecular flexibility index (Phi) is 5.64. The molecule has 3 heteroatoms. The number of fused-ring (bicyclic) bond motifs is 5. The zero-order chi connectivity index (χ0) is 22.2. The molecular weight excluding hydrogens is 420 g/mol. The average Bonchev–Trinajstić information content (AvgIpc) is 2.88. The lowest BCUT2D eigenvalue weighted by Gasteiger charge is -2.39. The van der Waals surface area contributed by atoms with Crippen molar-refractivity contribution in [1.29, 1.82) is 5.26 Å². The Morgan fingerprint density at radius 1 is 0.879 bits per heavy atom. The van der Waals surface area contributed by atoms with Gasteiger partial charge in [-0.15, -0.1) is 0 Å². The predicted molar refractivity (Wildman–Crippen MR) is 139 cm³/mol. The van der Waals surface area contributed by atoms with E-state index in [2.05, 4.69) is 65.6 Å². The molecule has 3 aliphatic rings. The molecule has 1 aliphatic carbocycles. The smallest absolute Gasteiger partial charge is 0.102 e. The van der Waals surface area contributed by atoms with Crippen molar-refractivity contribution in [1.82, 2.24) is 0 Å². The van der Waals surface area contributed by atoms with Gasteiger partial charge in [0.2, 0.25) is 0 Å². The van der Waals surface area contributed by atoms with E-state index in [4.69, 9.17) is 0 Å². The molecule has 0 radical (unpaired) electrons. The normalized spacial score (nSPS) is 17.6. The van der Waals surface area contributed by atoms with E-state index < -0.39 is 0 Å². The highest BCUT2D eigenvalue weighted by Crippen LogP contribution is 2.48. The predicted octanol–water partition coefficient (Wildman–Crippen LogP) is 6.57. The first-order chi connectivity index (χ1) is 16.3. The van der Waals surface area contributed by atoms with Crippen LogP contribution in [-0.2, 0) is 31.4 Å². The molecule has 6 rings (SSSR count). The third-order valence-corrected chi connectivity index (χ3v) is 8.86. The lowest BCUT2D eigenvalue weighted by Crippen LogP contribution is -2.36. The molecule has 0 spiro atoms. The summed E-state index contributed by atoms with van der Waals surface area (Å²) in [5, 5.41) is 10.4. The van der Waals surface area contributed by atoms with Crippen LogP contribution in [0.5, 0.6) is 0 Å². The van der Waals surface area contributed by atoms with Gasteiger partial charge in [-0.3, -0.25) is 0 Å². The maximum Gasteiger partial charge on any atom is 0.102 e. The fraction of sp³-hybridized carbons (Fsp3) is 0.367. The Morgan fingerprint density at radius 3 is 2.48 bits per heavy atom. The molecule has 0 amide bonds. The molecule has 1 saturated heterocycles. The van der Waals surface area contributed by atoms with E-state index in [1.54, 1.807) is 0 Å². The quantitative estimate of drug-likeness (QED) is 0.451. The summed E-state index contributed by atoms with van der Waals surface area (Å²) in [5.74, 6) is 2.90. The van der Waals surface area contributed by atoms with Crippen molar-refractivity contribution in [3.63, 3.8) is 0 Å². The average molecular weight is 451 g/mol. The number of nitrogens with zero attached hydrogens (tertiary/aromatic N) is 2. The zero-order valence-electron chi connectivity index (χ0n) is 19.1. The molecule has 0 bridgehead atoms. The first-order valence-electron chi connectivity index (χ1n) is 12.4. The number of thioether (sulfide) groups is 1. The maximum atomic E-state index is 10.4. The fourth-order valence-corrected chi connectivity index (χ4v) is 7.28. The van der Waals surface area contributed by atoms with Gasteiger partial charge in [-0.05, 0) is 89.1 Å². The summed E-state index contributed by atoms with van der Waals surface area (Å²) in [6.45, 7) is 2.13. The minimum absolute atomic E-state index is 0.736. The molecule has 0 saturated carbocycles. The van der Waals surface area contributed by atoms with Crippen LogP contribution in [0.1, 0.15) is 46.2 Å². The highest BCUT2D eigenvalue weighted by Gasteiger charge is 2.32. The monoisotopic (exact) mass is 450 g/mol. The Morgan fingerprint density at radius 2 is 1.67 bits per heavy atom. The SMILES string of the molecule is N#Cc1c2c(c3c(c1N1CCC(Cc4ccccc4)CC1)CCc1ccccc1-3)CSCC2. The molecule has 0 atom stereocenters. The number of hydrogen-bond donors (Lipinski definition) is 0. The van der Waals surface area contributed by atoms with Crippen LogP contribution in [0.4, 0.5) is 5.69 Å². The Bertz CT molecular complexity index is 1220. The van der Waals surface area contributed by atoms with Gasteiger partial charge in [-0.1, -0.05) is 54.6 Å². The van der Waals surface area contributed by atoms with E-state index in [0.29, 0.717) is 0 Å². The number of anilines is 1. The second-order valence-corrected chi connectivity index (χ2v) is 10.8. The molecule has 166 valence electrons. The van der Waals surface area contributed by atoms with Gasteiger partial charge >= 0.3 is 0 Å². The van der Waals surface area contributed by atoms with Gasteiger partial charge in [-0.2, -0.15) is 17.0 Å². The second-order valence-electron chi connectivity index (χ2n) is 9.73. The first kappa shape index (κ1) is 20.9. The van der Waals surface area contributed by atoms with Gasteiger partial charge in [0.1, 0.15) is 6.07 Å². The van der Waals surface area contributed by atoms with Crippen LogP contribution in [-0.4, -0.2) is 18.8 Å². The van der Waals surface area contributed by atoms with E-state index >= 15 is 0 Å². The van der Waals surface area contributed by atoms with E-state index in [-0.39, 0.29) is 0 Å². The van der Waals surface area contributed by atoms with Crippen molar-refractivity contribution in [2.45, 2.75) is 44.3 Å². The number of piperidine rings is 1. The number of aryl methyl sites for hydroxylation is 1. The molecule has 1 fully saturated rings. The van der Waals surface area contributed by atoms with Crippen molar-refractivity contribution in [3.8, 4) is 17.2 Å². The summed E-state index contributed by atoms with van der Waals surface area (Å²) in [6, 6.07) is 22.6. The number of benzene rings is 3. The van der Waals surface area contributed by atoms with Crippen LogP contribution < -0.4 is 4.90 Å². The van der Waals surface area contributed by atoms with Crippen LogP contribution >= 0.6 is 11.8 Å². The van der Waals surface area contributed by atoms with Crippen molar-refractivity contribution in [2.75, 3.05) is 23.7 Å². The molecule has 2 aliphatic heterocycles. The van der Waals surface area contributed by atoms with Crippen LogP contribution in [0.2, 0.25) is 0 Å². The third kappa shape index (κ3) is 3.75. The molecule has 0 unspecified atom stereocenters. The van der Waals surface area contributed by atoms with Gasteiger partial charge in [0.05, 0.1) is 11.3 Å². The Balaban J connectivity index is 1.39. The lowest BCUT2D eigenvalue weighted by atomic mass is 9.77. The van der Waals surface area contributed by atoms with Crippen molar-refractivity contribution < 1.29 is 0 Å². The fourth-order valence-electron chi connectivity index (χ4n) is 6.27. The van der Waals surface area contributed by atoms with E-state index in [9.17, 15) is 5.26 Å². The highest BCUT2D eigenvalue weighted by molar-refractivity contribution is 7.98. The maximum absolute atomic E-state index is 10.4.